The number of rotatable bonds is 3. The first-order chi connectivity index (χ1) is 9.67. The van der Waals surface area contributed by atoms with Gasteiger partial charge in [0.1, 0.15) is 17.6 Å². The predicted octanol–water partition coefficient (Wildman–Crippen LogP) is 2.03. The summed E-state index contributed by atoms with van der Waals surface area (Å²) in [5.41, 5.74) is 2.33. The van der Waals surface area contributed by atoms with Gasteiger partial charge in [-0.05, 0) is 19.1 Å². The van der Waals surface area contributed by atoms with E-state index in [0.29, 0.717) is 6.54 Å². The van der Waals surface area contributed by atoms with Crippen molar-refractivity contribution in [1.29, 1.82) is 0 Å². The molecule has 0 fully saturated rings. The molecule has 1 aromatic carbocycles. The van der Waals surface area contributed by atoms with Crippen LogP contribution in [-0.4, -0.2) is 44.2 Å². The molecule has 0 radical (unpaired) electrons. The second-order valence-electron chi connectivity index (χ2n) is 5.38. The van der Waals surface area contributed by atoms with Gasteiger partial charge in [0.05, 0.1) is 13.7 Å². The van der Waals surface area contributed by atoms with E-state index in [4.69, 9.17) is 9.47 Å². The van der Waals surface area contributed by atoms with Gasteiger partial charge in [-0.3, -0.25) is 4.99 Å². The third-order valence-electron chi connectivity index (χ3n) is 3.79. The molecule has 5 nitrogen and oxygen atoms in total. The number of hydrogen-bond acceptors (Lipinski definition) is 5. The van der Waals surface area contributed by atoms with E-state index in [9.17, 15) is 0 Å². The van der Waals surface area contributed by atoms with Gasteiger partial charge in [0.2, 0.25) is 0 Å². The molecule has 0 spiro atoms. The summed E-state index contributed by atoms with van der Waals surface area (Å²) in [5, 5.41) is 3.37. The quantitative estimate of drug-likeness (QED) is 0.785. The van der Waals surface area contributed by atoms with Crippen LogP contribution >= 0.6 is 24.0 Å². The molecule has 1 aromatic rings. The number of likely N-dealkylation sites (N-methyl/N-ethyl adjacent to an activating group) is 1. The van der Waals surface area contributed by atoms with E-state index in [1.807, 2.05) is 7.05 Å². The highest BCUT2D eigenvalue weighted by atomic mass is 127. The standard InChI is InChI=1S/C15H21N3O2.HI/c1-10-6-11-7-13(19-3)12(8-14(11)20-10)9-17-15-16-4-5-18(15)2;/h7-8,10H,4-6,9H2,1-3H3,(H,16,17);1H. The average molecular weight is 403 g/mol. The van der Waals surface area contributed by atoms with Crippen LogP contribution in [0.5, 0.6) is 11.5 Å². The van der Waals surface area contributed by atoms with Gasteiger partial charge in [-0.25, -0.2) is 0 Å². The summed E-state index contributed by atoms with van der Waals surface area (Å²) in [6.45, 7) is 4.62. The topological polar surface area (TPSA) is 46.1 Å². The third-order valence-corrected chi connectivity index (χ3v) is 3.79. The van der Waals surface area contributed by atoms with Gasteiger partial charge >= 0.3 is 0 Å². The molecular formula is C15H22IN3O2. The minimum absolute atomic E-state index is 0. The van der Waals surface area contributed by atoms with E-state index in [1.54, 1.807) is 7.11 Å². The van der Waals surface area contributed by atoms with Crippen molar-refractivity contribution in [3.63, 3.8) is 0 Å². The molecule has 0 amide bonds. The zero-order valence-corrected chi connectivity index (χ0v) is 15.0. The van der Waals surface area contributed by atoms with Crippen molar-refractivity contribution in [1.82, 2.24) is 10.2 Å². The summed E-state index contributed by atoms with van der Waals surface area (Å²) in [7, 11) is 3.76. The van der Waals surface area contributed by atoms with Gasteiger partial charge in [-0.15, -0.1) is 24.0 Å². The molecule has 1 N–H and O–H groups in total. The van der Waals surface area contributed by atoms with Gasteiger partial charge in [0.25, 0.3) is 0 Å². The first kappa shape index (κ1) is 16.2. The number of halogens is 1. The summed E-state index contributed by atoms with van der Waals surface area (Å²) in [5.74, 6) is 2.84. The number of nitrogens with one attached hydrogen (secondary N) is 1. The Balaban J connectivity index is 0.00000161. The Morgan fingerprint density at radius 3 is 2.95 bits per heavy atom. The van der Waals surface area contributed by atoms with E-state index < -0.39 is 0 Å². The number of ether oxygens (including phenoxy) is 2. The number of methoxy groups -OCH3 is 1. The monoisotopic (exact) mass is 403 g/mol. The van der Waals surface area contributed by atoms with Crippen molar-refractivity contribution in [2.75, 3.05) is 27.2 Å². The second kappa shape index (κ2) is 6.72. The Morgan fingerprint density at radius 1 is 1.48 bits per heavy atom. The first-order valence-corrected chi connectivity index (χ1v) is 7.03. The number of aliphatic imine (C=N–C) groups is 1. The summed E-state index contributed by atoms with van der Waals surface area (Å²) in [6, 6.07) is 4.18. The average Bonchev–Trinajstić information content (AvgIpc) is 2.99. The Morgan fingerprint density at radius 2 is 2.29 bits per heavy atom. The summed E-state index contributed by atoms with van der Waals surface area (Å²) in [6.07, 6.45) is 1.21. The molecule has 0 saturated carbocycles. The minimum Gasteiger partial charge on any atom is -0.496 e. The molecule has 2 heterocycles. The van der Waals surface area contributed by atoms with Crippen molar-refractivity contribution >= 4 is 29.9 Å². The van der Waals surface area contributed by atoms with Crippen LogP contribution in [0.4, 0.5) is 0 Å². The first-order valence-electron chi connectivity index (χ1n) is 7.03. The molecule has 0 aliphatic carbocycles. The number of fused-ring (bicyclic) bond motifs is 1. The van der Waals surface area contributed by atoms with Crippen LogP contribution in [0.25, 0.3) is 0 Å². The van der Waals surface area contributed by atoms with E-state index in [1.165, 1.54) is 5.56 Å². The molecule has 0 bridgehead atoms. The molecule has 1 unspecified atom stereocenters. The van der Waals surface area contributed by atoms with Crippen LogP contribution < -0.4 is 14.8 Å². The van der Waals surface area contributed by atoms with Crippen molar-refractivity contribution in [2.45, 2.75) is 26.0 Å². The molecule has 21 heavy (non-hydrogen) atoms. The molecule has 1 atom stereocenters. The molecule has 2 aliphatic heterocycles. The highest BCUT2D eigenvalue weighted by Gasteiger charge is 2.22. The van der Waals surface area contributed by atoms with Crippen molar-refractivity contribution in [3.05, 3.63) is 23.3 Å². The van der Waals surface area contributed by atoms with E-state index >= 15 is 0 Å². The lowest BCUT2D eigenvalue weighted by atomic mass is 10.1. The molecule has 3 rings (SSSR count). The number of benzene rings is 1. The highest BCUT2D eigenvalue weighted by molar-refractivity contribution is 14.0. The van der Waals surface area contributed by atoms with Gasteiger partial charge in [-0.2, -0.15) is 0 Å². The molecule has 0 saturated heterocycles. The van der Waals surface area contributed by atoms with Crippen LogP contribution in [0.3, 0.4) is 0 Å². The molecule has 0 aromatic heterocycles. The smallest absolute Gasteiger partial charge is 0.194 e. The Kier molecular flexibility index (Phi) is 5.18. The second-order valence-corrected chi connectivity index (χ2v) is 5.38. The zero-order valence-electron chi connectivity index (χ0n) is 12.7. The van der Waals surface area contributed by atoms with Crippen LogP contribution in [0.15, 0.2) is 17.1 Å². The fraction of sp³-hybridized carbons (Fsp3) is 0.533. The highest BCUT2D eigenvalue weighted by Crippen LogP contribution is 2.34. The van der Waals surface area contributed by atoms with Gasteiger partial charge in [0, 0.05) is 37.7 Å². The molecule has 116 valence electrons. The number of nitrogens with zero attached hydrogens (tertiary/aromatic N) is 2. The van der Waals surface area contributed by atoms with Crippen LogP contribution in [-0.2, 0) is 13.0 Å². The SMILES string of the molecule is COc1cc2c(cc1CNC1=NCCN1C)OC(C)C2.I. The van der Waals surface area contributed by atoms with Gasteiger partial charge in [-0.1, -0.05) is 0 Å². The van der Waals surface area contributed by atoms with E-state index in [0.717, 1.165) is 42.5 Å². The third kappa shape index (κ3) is 3.36. The lowest BCUT2D eigenvalue weighted by Gasteiger charge is -2.17. The Hall–Kier alpha value is -1.18. The van der Waals surface area contributed by atoms with Crippen LogP contribution in [0.1, 0.15) is 18.1 Å². The maximum absolute atomic E-state index is 5.82. The summed E-state index contributed by atoms with van der Waals surface area (Å²) in [4.78, 5) is 6.55. The summed E-state index contributed by atoms with van der Waals surface area (Å²) >= 11 is 0. The minimum atomic E-state index is 0. The number of hydrogen-bond donors (Lipinski definition) is 1. The molecule has 6 heteroatoms. The van der Waals surface area contributed by atoms with E-state index in [-0.39, 0.29) is 30.1 Å². The van der Waals surface area contributed by atoms with E-state index in [2.05, 4.69) is 34.3 Å². The summed E-state index contributed by atoms with van der Waals surface area (Å²) < 4.78 is 11.3. The largest absolute Gasteiger partial charge is 0.496 e. The maximum atomic E-state index is 5.82. The predicted molar refractivity (Wildman–Crippen MR) is 94.0 cm³/mol. The normalized spacial score (nSPS) is 19.5. The van der Waals surface area contributed by atoms with Crippen LogP contribution in [0, 0.1) is 0 Å². The fourth-order valence-corrected chi connectivity index (χ4v) is 2.71. The van der Waals surface area contributed by atoms with Crippen molar-refractivity contribution in [2.24, 2.45) is 4.99 Å². The number of guanidine groups is 1. The zero-order chi connectivity index (χ0) is 14.1. The maximum Gasteiger partial charge on any atom is 0.194 e. The Bertz CT molecular complexity index is 548. The van der Waals surface area contributed by atoms with Gasteiger partial charge < -0.3 is 19.7 Å². The Labute approximate surface area is 142 Å². The van der Waals surface area contributed by atoms with Crippen LogP contribution in [0.2, 0.25) is 0 Å². The van der Waals surface area contributed by atoms with Crippen molar-refractivity contribution < 1.29 is 9.47 Å². The lowest BCUT2D eigenvalue weighted by Crippen LogP contribution is -2.35. The van der Waals surface area contributed by atoms with Crippen molar-refractivity contribution in [3.8, 4) is 11.5 Å². The fourth-order valence-electron chi connectivity index (χ4n) is 2.71. The molecular weight excluding hydrogens is 381 g/mol. The van der Waals surface area contributed by atoms with Gasteiger partial charge in [0.15, 0.2) is 5.96 Å². The molecule has 2 aliphatic rings. The lowest BCUT2D eigenvalue weighted by molar-refractivity contribution is 0.254.